The second kappa shape index (κ2) is 8.37. The molecule has 0 bridgehead atoms. The molecule has 0 amide bonds. The number of hydrogen-bond donors (Lipinski definition) is 1. The third-order valence-corrected chi connectivity index (χ3v) is 5.61. The van der Waals surface area contributed by atoms with E-state index < -0.39 is 0 Å². The predicted molar refractivity (Wildman–Crippen MR) is 115 cm³/mol. The molecule has 0 saturated carbocycles. The molecular formula is C22H30N6O. The molecule has 1 aliphatic rings. The first-order chi connectivity index (χ1) is 14.0. The summed E-state index contributed by atoms with van der Waals surface area (Å²) >= 11 is 0. The van der Waals surface area contributed by atoms with Gasteiger partial charge in [-0.2, -0.15) is 15.1 Å². The third kappa shape index (κ3) is 4.19. The van der Waals surface area contributed by atoms with E-state index >= 15 is 0 Å². The molecule has 29 heavy (non-hydrogen) atoms. The Bertz CT molecular complexity index is 996. The fraction of sp³-hybridized carbons (Fsp3) is 0.500. The largest absolute Gasteiger partial charge is 0.463 e. The van der Waals surface area contributed by atoms with Crippen LogP contribution in [0.25, 0.3) is 11.0 Å². The molecule has 0 radical (unpaired) electrons. The number of aromatic nitrogens is 4. The summed E-state index contributed by atoms with van der Waals surface area (Å²) < 4.78 is 7.55. The molecule has 3 aromatic rings. The number of anilines is 1. The smallest absolute Gasteiger partial charge is 0.320 e. The molecule has 4 rings (SSSR count). The zero-order chi connectivity index (χ0) is 20.4. The number of nitrogens with two attached hydrogens (primary N) is 1. The minimum atomic E-state index is 0.324. The molecule has 2 N–H and O–H groups in total. The molecule has 1 aromatic carbocycles. The molecule has 3 heterocycles. The summed E-state index contributed by atoms with van der Waals surface area (Å²) in [5.74, 6) is 0.409. The van der Waals surface area contributed by atoms with Crippen molar-refractivity contribution in [2.24, 2.45) is 0 Å². The van der Waals surface area contributed by atoms with Crippen molar-refractivity contribution in [1.29, 1.82) is 0 Å². The minimum absolute atomic E-state index is 0.324. The Morgan fingerprint density at radius 3 is 2.86 bits per heavy atom. The zero-order valence-corrected chi connectivity index (χ0v) is 17.6. The van der Waals surface area contributed by atoms with Crippen LogP contribution in [0.4, 0.5) is 5.82 Å². The van der Waals surface area contributed by atoms with Crippen LogP contribution in [0.5, 0.6) is 6.01 Å². The lowest BCUT2D eigenvalue weighted by atomic mass is 9.96. The first kappa shape index (κ1) is 19.6. The van der Waals surface area contributed by atoms with E-state index in [1.54, 1.807) is 6.20 Å². The van der Waals surface area contributed by atoms with Crippen molar-refractivity contribution in [3.63, 3.8) is 0 Å². The highest BCUT2D eigenvalue weighted by molar-refractivity contribution is 5.85. The number of nitrogens with zero attached hydrogens (tertiary/aromatic N) is 5. The average molecular weight is 395 g/mol. The molecule has 2 aromatic heterocycles. The molecule has 7 heteroatoms. The van der Waals surface area contributed by atoms with E-state index in [9.17, 15) is 0 Å². The van der Waals surface area contributed by atoms with Gasteiger partial charge in [0.05, 0.1) is 24.7 Å². The van der Waals surface area contributed by atoms with Gasteiger partial charge in [0.1, 0.15) is 5.82 Å². The van der Waals surface area contributed by atoms with Crippen LogP contribution in [0.1, 0.15) is 50.3 Å². The van der Waals surface area contributed by atoms with Crippen molar-refractivity contribution in [2.45, 2.75) is 59.2 Å². The lowest BCUT2D eigenvalue weighted by Crippen LogP contribution is -2.35. The molecule has 0 aliphatic carbocycles. The Hall–Kier alpha value is -2.67. The summed E-state index contributed by atoms with van der Waals surface area (Å²) in [4.78, 5) is 11.3. The highest BCUT2D eigenvalue weighted by Crippen LogP contribution is 2.24. The van der Waals surface area contributed by atoms with E-state index in [2.05, 4.69) is 58.9 Å². The molecule has 0 fully saturated rings. The molecule has 0 unspecified atom stereocenters. The number of unbranched alkanes of at least 4 members (excludes halogenated alkanes) is 1. The molecule has 7 nitrogen and oxygen atoms in total. The van der Waals surface area contributed by atoms with Crippen LogP contribution < -0.4 is 10.5 Å². The van der Waals surface area contributed by atoms with Gasteiger partial charge in [-0.05, 0) is 43.4 Å². The SMILES string of the molecule is CCCCOc1nc(N)c2cnn(Cc3ccc4c(c3)CCN(C(C)C)C4)c2n1. The number of hydrogen-bond acceptors (Lipinski definition) is 6. The highest BCUT2D eigenvalue weighted by atomic mass is 16.5. The first-order valence-corrected chi connectivity index (χ1v) is 10.5. The standard InChI is InChI=1S/C22H30N6O/c1-4-5-10-29-22-25-20(23)19-12-24-28(21(19)26-22)13-16-6-7-18-14-27(15(2)3)9-8-17(18)11-16/h6-7,11-12,15H,4-5,8-10,13-14H2,1-3H3,(H2,23,25,26). The Kier molecular flexibility index (Phi) is 5.67. The fourth-order valence-electron chi connectivity index (χ4n) is 3.78. The van der Waals surface area contributed by atoms with Gasteiger partial charge in [-0.1, -0.05) is 31.5 Å². The Labute approximate surface area is 171 Å². The first-order valence-electron chi connectivity index (χ1n) is 10.5. The molecule has 0 spiro atoms. The van der Waals surface area contributed by atoms with Crippen molar-refractivity contribution >= 4 is 16.9 Å². The van der Waals surface area contributed by atoms with Crippen LogP contribution in [0.3, 0.4) is 0 Å². The highest BCUT2D eigenvalue weighted by Gasteiger charge is 2.19. The van der Waals surface area contributed by atoms with Crippen LogP contribution in [0.2, 0.25) is 0 Å². The van der Waals surface area contributed by atoms with Gasteiger partial charge in [-0.3, -0.25) is 4.90 Å². The van der Waals surface area contributed by atoms with Crippen LogP contribution in [0.15, 0.2) is 24.4 Å². The van der Waals surface area contributed by atoms with E-state index in [0.717, 1.165) is 37.7 Å². The molecule has 1 aliphatic heterocycles. The number of rotatable bonds is 7. The molecule has 0 atom stereocenters. The maximum atomic E-state index is 6.11. The molecule has 0 saturated heterocycles. The van der Waals surface area contributed by atoms with Gasteiger partial charge in [0.2, 0.25) is 0 Å². The number of nitrogen functional groups attached to an aromatic ring is 1. The summed E-state index contributed by atoms with van der Waals surface area (Å²) in [7, 11) is 0. The maximum absolute atomic E-state index is 6.11. The van der Waals surface area contributed by atoms with Gasteiger partial charge in [0, 0.05) is 19.1 Å². The third-order valence-electron chi connectivity index (χ3n) is 5.61. The number of ether oxygens (including phenoxy) is 1. The van der Waals surface area contributed by atoms with Crippen molar-refractivity contribution in [1.82, 2.24) is 24.6 Å². The van der Waals surface area contributed by atoms with Crippen LogP contribution >= 0.6 is 0 Å². The average Bonchev–Trinajstić information content (AvgIpc) is 3.11. The van der Waals surface area contributed by atoms with Crippen LogP contribution in [-0.4, -0.2) is 43.8 Å². The summed E-state index contributed by atoms with van der Waals surface area (Å²) in [6.07, 6.45) is 4.85. The summed E-state index contributed by atoms with van der Waals surface area (Å²) in [5, 5.41) is 5.27. The van der Waals surface area contributed by atoms with Gasteiger partial charge >= 0.3 is 6.01 Å². The van der Waals surface area contributed by atoms with Gasteiger partial charge in [-0.25, -0.2) is 4.68 Å². The second-order valence-electron chi connectivity index (χ2n) is 8.05. The van der Waals surface area contributed by atoms with E-state index in [4.69, 9.17) is 10.5 Å². The second-order valence-corrected chi connectivity index (χ2v) is 8.05. The van der Waals surface area contributed by atoms with Crippen molar-refractivity contribution in [3.05, 3.63) is 41.1 Å². The maximum Gasteiger partial charge on any atom is 0.320 e. The van der Waals surface area contributed by atoms with E-state index in [1.165, 1.54) is 16.7 Å². The monoisotopic (exact) mass is 394 g/mol. The van der Waals surface area contributed by atoms with Gasteiger partial charge < -0.3 is 10.5 Å². The van der Waals surface area contributed by atoms with E-state index in [-0.39, 0.29) is 0 Å². The van der Waals surface area contributed by atoms with Gasteiger partial charge in [0.15, 0.2) is 5.65 Å². The van der Waals surface area contributed by atoms with Gasteiger partial charge in [0.25, 0.3) is 0 Å². The zero-order valence-electron chi connectivity index (χ0n) is 17.6. The van der Waals surface area contributed by atoms with E-state index in [1.807, 2.05) is 4.68 Å². The van der Waals surface area contributed by atoms with Crippen molar-refractivity contribution < 1.29 is 4.74 Å². The van der Waals surface area contributed by atoms with Crippen molar-refractivity contribution in [3.8, 4) is 6.01 Å². The lowest BCUT2D eigenvalue weighted by Gasteiger charge is -2.32. The molecular weight excluding hydrogens is 364 g/mol. The van der Waals surface area contributed by atoms with Crippen molar-refractivity contribution in [2.75, 3.05) is 18.9 Å². The minimum Gasteiger partial charge on any atom is -0.463 e. The van der Waals surface area contributed by atoms with E-state index in [0.29, 0.717) is 36.7 Å². The fourth-order valence-corrected chi connectivity index (χ4v) is 3.78. The topological polar surface area (TPSA) is 82.1 Å². The summed E-state index contributed by atoms with van der Waals surface area (Å²) in [6.45, 7) is 10.0. The summed E-state index contributed by atoms with van der Waals surface area (Å²) in [5.41, 5.74) is 10.9. The summed E-state index contributed by atoms with van der Waals surface area (Å²) in [6, 6.07) is 7.66. The molecule has 154 valence electrons. The lowest BCUT2D eigenvalue weighted by molar-refractivity contribution is 0.203. The predicted octanol–water partition coefficient (Wildman–Crippen LogP) is 3.40. The Morgan fingerprint density at radius 1 is 1.21 bits per heavy atom. The quantitative estimate of drug-likeness (QED) is 0.619. The Balaban J connectivity index is 1.56. The van der Waals surface area contributed by atoms with Gasteiger partial charge in [-0.15, -0.1) is 0 Å². The number of benzene rings is 1. The number of fused-ring (bicyclic) bond motifs is 2. The van der Waals surface area contributed by atoms with Crippen LogP contribution in [-0.2, 0) is 19.5 Å². The normalized spacial score (nSPS) is 14.5. The Morgan fingerprint density at radius 2 is 2.07 bits per heavy atom. The van der Waals surface area contributed by atoms with Crippen LogP contribution in [0, 0.1) is 0 Å².